The second-order valence-corrected chi connectivity index (χ2v) is 4.56. The monoisotopic (exact) mass is 279 g/mol. The maximum atomic E-state index is 5.63. The van der Waals surface area contributed by atoms with Crippen LogP contribution in [0.25, 0.3) is 5.69 Å². The van der Waals surface area contributed by atoms with Gasteiger partial charge in [-0.2, -0.15) is 5.10 Å². The van der Waals surface area contributed by atoms with Crippen LogP contribution in [-0.4, -0.2) is 9.78 Å². The van der Waals surface area contributed by atoms with Gasteiger partial charge < -0.3 is 5.73 Å². The highest BCUT2D eigenvalue weighted by Gasteiger charge is 2.09. The first-order valence-electron chi connectivity index (χ1n) is 5.14. The Morgan fingerprint density at radius 3 is 2.69 bits per heavy atom. The summed E-state index contributed by atoms with van der Waals surface area (Å²) in [5.41, 5.74) is 9.89. The molecule has 4 heteroatoms. The average molecular weight is 280 g/mol. The summed E-state index contributed by atoms with van der Waals surface area (Å²) in [6.45, 7) is 4.58. The second kappa shape index (κ2) is 4.39. The molecule has 0 fully saturated rings. The van der Waals surface area contributed by atoms with Crippen LogP contribution in [0.5, 0.6) is 0 Å². The molecule has 0 aliphatic carbocycles. The quantitative estimate of drug-likeness (QED) is 0.919. The van der Waals surface area contributed by atoms with Crippen molar-refractivity contribution >= 4 is 15.9 Å². The Labute approximate surface area is 103 Å². The molecular weight excluding hydrogens is 266 g/mol. The predicted octanol–water partition coefficient (Wildman–Crippen LogP) is 2.71. The van der Waals surface area contributed by atoms with Crippen LogP contribution in [0.4, 0.5) is 0 Å². The number of hydrogen-bond donors (Lipinski definition) is 1. The summed E-state index contributed by atoms with van der Waals surface area (Å²) in [6, 6.07) is 8.11. The average Bonchev–Trinajstić information content (AvgIpc) is 2.57. The number of benzene rings is 1. The molecule has 1 heterocycles. The Kier molecular flexibility index (Phi) is 3.12. The van der Waals surface area contributed by atoms with Gasteiger partial charge in [0, 0.05) is 6.54 Å². The van der Waals surface area contributed by atoms with Crippen molar-refractivity contribution in [3.8, 4) is 5.69 Å². The molecule has 0 saturated heterocycles. The van der Waals surface area contributed by atoms with Crippen LogP contribution in [0, 0.1) is 13.8 Å². The van der Waals surface area contributed by atoms with Gasteiger partial charge in [0.1, 0.15) is 0 Å². The van der Waals surface area contributed by atoms with Gasteiger partial charge in [-0.15, -0.1) is 0 Å². The molecule has 1 aromatic heterocycles. The van der Waals surface area contributed by atoms with Crippen LogP contribution in [0.3, 0.4) is 0 Å². The number of rotatable bonds is 2. The Bertz CT molecular complexity index is 517. The Hall–Kier alpha value is -1.13. The van der Waals surface area contributed by atoms with E-state index in [4.69, 9.17) is 5.73 Å². The summed E-state index contributed by atoms with van der Waals surface area (Å²) in [6.07, 6.45) is 0. The number of halogens is 1. The summed E-state index contributed by atoms with van der Waals surface area (Å²) in [7, 11) is 0. The Morgan fingerprint density at radius 2 is 2.12 bits per heavy atom. The number of hydrogen-bond acceptors (Lipinski definition) is 2. The maximum Gasteiger partial charge on any atom is 0.0743 e. The van der Waals surface area contributed by atoms with Gasteiger partial charge in [-0.05, 0) is 47.5 Å². The molecule has 0 unspecified atom stereocenters. The van der Waals surface area contributed by atoms with Gasteiger partial charge in [0.15, 0.2) is 0 Å². The van der Waals surface area contributed by atoms with Gasteiger partial charge in [0.05, 0.1) is 21.5 Å². The van der Waals surface area contributed by atoms with Crippen molar-refractivity contribution in [2.24, 2.45) is 5.73 Å². The minimum absolute atomic E-state index is 0.550. The molecule has 0 aliphatic heterocycles. The van der Waals surface area contributed by atoms with Gasteiger partial charge in [-0.3, -0.25) is 0 Å². The highest BCUT2D eigenvalue weighted by atomic mass is 79.9. The molecule has 3 nitrogen and oxygen atoms in total. The van der Waals surface area contributed by atoms with Gasteiger partial charge >= 0.3 is 0 Å². The van der Waals surface area contributed by atoms with Gasteiger partial charge in [-0.1, -0.05) is 12.1 Å². The van der Waals surface area contributed by atoms with Crippen LogP contribution in [0.1, 0.15) is 17.0 Å². The molecule has 0 amide bonds. The standard InChI is InChI=1S/C12H14BrN3/c1-8-12(13)9(2)16(15-8)11-5-3-4-10(6-11)7-14/h3-6H,7,14H2,1-2H3. The number of nitrogens with zero attached hydrogens (tertiary/aromatic N) is 2. The third kappa shape index (κ3) is 1.90. The fraction of sp³-hybridized carbons (Fsp3) is 0.250. The minimum Gasteiger partial charge on any atom is -0.326 e. The number of aryl methyl sites for hydroxylation is 1. The summed E-state index contributed by atoms with van der Waals surface area (Å²) >= 11 is 3.52. The molecule has 2 N–H and O–H groups in total. The Balaban J connectivity index is 2.54. The molecular formula is C12H14BrN3. The largest absolute Gasteiger partial charge is 0.326 e. The first-order chi connectivity index (χ1) is 7.63. The third-order valence-electron chi connectivity index (χ3n) is 2.59. The second-order valence-electron chi connectivity index (χ2n) is 3.77. The van der Waals surface area contributed by atoms with Crippen molar-refractivity contribution in [3.05, 3.63) is 45.7 Å². The van der Waals surface area contributed by atoms with Gasteiger partial charge in [0.2, 0.25) is 0 Å². The molecule has 0 saturated carbocycles. The molecule has 2 aromatic rings. The molecule has 0 aliphatic rings. The Morgan fingerprint density at radius 1 is 1.38 bits per heavy atom. The van der Waals surface area contributed by atoms with Crippen LogP contribution in [0.15, 0.2) is 28.7 Å². The van der Waals surface area contributed by atoms with E-state index in [1.807, 2.05) is 36.7 Å². The van der Waals surface area contributed by atoms with Crippen molar-refractivity contribution in [2.75, 3.05) is 0 Å². The van der Waals surface area contributed by atoms with E-state index in [0.29, 0.717) is 6.54 Å². The van der Waals surface area contributed by atoms with Crippen molar-refractivity contribution in [2.45, 2.75) is 20.4 Å². The molecule has 16 heavy (non-hydrogen) atoms. The van der Waals surface area contributed by atoms with E-state index in [1.54, 1.807) is 0 Å². The van der Waals surface area contributed by atoms with E-state index >= 15 is 0 Å². The lowest BCUT2D eigenvalue weighted by molar-refractivity contribution is 0.830. The molecule has 0 spiro atoms. The summed E-state index contributed by atoms with van der Waals surface area (Å²) in [4.78, 5) is 0. The van der Waals surface area contributed by atoms with E-state index in [-0.39, 0.29) is 0 Å². The highest BCUT2D eigenvalue weighted by molar-refractivity contribution is 9.10. The summed E-state index contributed by atoms with van der Waals surface area (Å²) < 4.78 is 2.99. The first kappa shape index (κ1) is 11.4. The van der Waals surface area contributed by atoms with E-state index in [0.717, 1.165) is 27.1 Å². The topological polar surface area (TPSA) is 43.8 Å². The minimum atomic E-state index is 0.550. The summed E-state index contributed by atoms with van der Waals surface area (Å²) in [5.74, 6) is 0. The van der Waals surface area contributed by atoms with E-state index in [1.165, 1.54) is 0 Å². The van der Waals surface area contributed by atoms with E-state index < -0.39 is 0 Å². The van der Waals surface area contributed by atoms with Crippen LogP contribution >= 0.6 is 15.9 Å². The van der Waals surface area contributed by atoms with Crippen LogP contribution in [-0.2, 0) is 6.54 Å². The van der Waals surface area contributed by atoms with Crippen molar-refractivity contribution in [1.29, 1.82) is 0 Å². The maximum absolute atomic E-state index is 5.63. The third-order valence-corrected chi connectivity index (χ3v) is 3.74. The van der Waals surface area contributed by atoms with Crippen LogP contribution in [0.2, 0.25) is 0 Å². The van der Waals surface area contributed by atoms with E-state index in [9.17, 15) is 0 Å². The SMILES string of the molecule is Cc1nn(-c2cccc(CN)c2)c(C)c1Br. The molecule has 0 bridgehead atoms. The number of aromatic nitrogens is 2. The zero-order valence-electron chi connectivity index (χ0n) is 9.37. The molecule has 1 aromatic carbocycles. The lowest BCUT2D eigenvalue weighted by Gasteiger charge is -2.06. The summed E-state index contributed by atoms with van der Waals surface area (Å²) in [5, 5.41) is 4.48. The van der Waals surface area contributed by atoms with Crippen molar-refractivity contribution in [3.63, 3.8) is 0 Å². The van der Waals surface area contributed by atoms with Crippen LogP contribution < -0.4 is 5.73 Å². The lowest BCUT2D eigenvalue weighted by Crippen LogP contribution is -2.02. The fourth-order valence-electron chi connectivity index (χ4n) is 1.69. The normalized spacial score (nSPS) is 10.8. The molecule has 2 rings (SSSR count). The number of nitrogens with two attached hydrogens (primary N) is 1. The first-order valence-corrected chi connectivity index (χ1v) is 5.94. The predicted molar refractivity (Wildman–Crippen MR) is 68.6 cm³/mol. The zero-order valence-corrected chi connectivity index (χ0v) is 11.0. The van der Waals surface area contributed by atoms with Gasteiger partial charge in [0.25, 0.3) is 0 Å². The molecule has 0 atom stereocenters. The smallest absolute Gasteiger partial charge is 0.0743 e. The fourth-order valence-corrected chi connectivity index (χ4v) is 1.94. The lowest BCUT2D eigenvalue weighted by atomic mass is 10.2. The van der Waals surface area contributed by atoms with Gasteiger partial charge in [-0.25, -0.2) is 4.68 Å². The molecule has 84 valence electrons. The zero-order chi connectivity index (χ0) is 11.7. The highest BCUT2D eigenvalue weighted by Crippen LogP contribution is 2.23. The van der Waals surface area contributed by atoms with E-state index in [2.05, 4.69) is 27.1 Å². The molecule has 0 radical (unpaired) electrons. The van der Waals surface area contributed by atoms with Crippen molar-refractivity contribution in [1.82, 2.24) is 9.78 Å². The van der Waals surface area contributed by atoms with Crippen molar-refractivity contribution < 1.29 is 0 Å².